The molecule has 0 radical (unpaired) electrons. The highest BCUT2D eigenvalue weighted by atomic mass is 79.9. The minimum Gasteiger partial charge on any atom is -0.307 e. The number of nitrogens with one attached hydrogen (secondary N) is 1. The van der Waals surface area contributed by atoms with Crippen molar-refractivity contribution in [1.29, 1.82) is 0 Å². The fourth-order valence-electron chi connectivity index (χ4n) is 1.43. The van der Waals surface area contributed by atoms with Crippen LogP contribution in [0.15, 0.2) is 39.6 Å². The summed E-state index contributed by atoms with van der Waals surface area (Å²) in [6.45, 7) is 1.98. The summed E-state index contributed by atoms with van der Waals surface area (Å²) in [7, 11) is 0. The van der Waals surface area contributed by atoms with Gasteiger partial charge in [-0.05, 0) is 18.6 Å². The molecule has 0 aliphatic carbocycles. The van der Waals surface area contributed by atoms with Gasteiger partial charge < -0.3 is 4.98 Å². The molecule has 0 spiro atoms. The quantitative estimate of drug-likeness (QED) is 0.918. The lowest BCUT2D eigenvalue weighted by atomic mass is 10.2. The summed E-state index contributed by atoms with van der Waals surface area (Å²) in [5.74, 6) is 0.622. The summed E-state index contributed by atoms with van der Waals surface area (Å²) in [6.07, 6.45) is 0.757. The van der Waals surface area contributed by atoms with Crippen molar-refractivity contribution in [3.63, 3.8) is 0 Å². The molecule has 1 aromatic carbocycles. The molecule has 0 aliphatic heterocycles. The third kappa shape index (κ3) is 2.39. The van der Waals surface area contributed by atoms with Crippen LogP contribution in [-0.4, -0.2) is 9.97 Å². The van der Waals surface area contributed by atoms with E-state index in [0.717, 1.165) is 22.2 Å². The van der Waals surface area contributed by atoms with E-state index in [-0.39, 0.29) is 5.56 Å². The Morgan fingerprint density at radius 1 is 1.31 bits per heavy atom. The predicted molar refractivity (Wildman–Crippen MR) is 67.4 cm³/mol. The Balaban J connectivity index is 2.51. The molecule has 1 heterocycles. The van der Waals surface area contributed by atoms with Gasteiger partial charge in [0.05, 0.1) is 0 Å². The van der Waals surface area contributed by atoms with Gasteiger partial charge in [0.1, 0.15) is 5.82 Å². The topological polar surface area (TPSA) is 45.8 Å². The monoisotopic (exact) mass is 278 g/mol. The van der Waals surface area contributed by atoms with Gasteiger partial charge in [0.15, 0.2) is 0 Å². The van der Waals surface area contributed by atoms with Crippen molar-refractivity contribution in [3.8, 4) is 11.4 Å². The lowest BCUT2D eigenvalue weighted by molar-refractivity contribution is 0.987. The molecule has 2 rings (SSSR count). The number of hydrogen-bond donors (Lipinski definition) is 1. The zero-order valence-corrected chi connectivity index (χ0v) is 10.4. The predicted octanol–water partition coefficient (Wildman–Crippen LogP) is 2.76. The van der Waals surface area contributed by atoms with E-state index in [1.54, 1.807) is 0 Å². The van der Waals surface area contributed by atoms with Gasteiger partial charge in [-0.3, -0.25) is 4.79 Å². The number of aryl methyl sites for hydroxylation is 1. The normalized spacial score (nSPS) is 10.4. The zero-order valence-electron chi connectivity index (χ0n) is 8.83. The van der Waals surface area contributed by atoms with Crippen LogP contribution in [0, 0.1) is 0 Å². The van der Waals surface area contributed by atoms with E-state index in [9.17, 15) is 4.79 Å². The number of nitrogens with zero attached hydrogens (tertiary/aromatic N) is 1. The zero-order chi connectivity index (χ0) is 11.5. The second-order valence-electron chi connectivity index (χ2n) is 3.45. The SMILES string of the molecule is CCc1cc(=O)[nH]c(-c2ccc(Br)cc2)n1. The average molecular weight is 279 g/mol. The number of aromatic nitrogens is 2. The van der Waals surface area contributed by atoms with Crippen LogP contribution >= 0.6 is 15.9 Å². The Morgan fingerprint density at radius 3 is 2.62 bits per heavy atom. The van der Waals surface area contributed by atoms with Crippen LogP contribution < -0.4 is 5.56 Å². The van der Waals surface area contributed by atoms with E-state index in [2.05, 4.69) is 25.9 Å². The first-order valence-corrected chi connectivity index (χ1v) is 5.84. The standard InChI is InChI=1S/C12H11BrN2O/c1-2-10-7-11(16)15-12(14-10)8-3-5-9(13)6-4-8/h3-7H,2H2,1H3,(H,14,15,16). The van der Waals surface area contributed by atoms with Crippen molar-refractivity contribution in [3.05, 3.63) is 50.9 Å². The van der Waals surface area contributed by atoms with Crippen molar-refractivity contribution >= 4 is 15.9 Å². The molecule has 0 amide bonds. The Morgan fingerprint density at radius 2 is 2.00 bits per heavy atom. The van der Waals surface area contributed by atoms with E-state index in [1.165, 1.54) is 6.07 Å². The largest absolute Gasteiger partial charge is 0.307 e. The van der Waals surface area contributed by atoms with E-state index in [0.29, 0.717) is 5.82 Å². The van der Waals surface area contributed by atoms with Crippen LogP contribution in [0.2, 0.25) is 0 Å². The molecule has 2 aromatic rings. The van der Waals surface area contributed by atoms with Gasteiger partial charge >= 0.3 is 0 Å². The van der Waals surface area contributed by atoms with Gasteiger partial charge in [-0.1, -0.05) is 35.0 Å². The van der Waals surface area contributed by atoms with E-state index < -0.39 is 0 Å². The third-order valence-corrected chi connectivity index (χ3v) is 2.80. The number of rotatable bonds is 2. The number of benzene rings is 1. The molecule has 4 heteroatoms. The highest BCUT2D eigenvalue weighted by Crippen LogP contribution is 2.17. The molecule has 82 valence electrons. The first-order chi connectivity index (χ1) is 7.69. The fraction of sp³-hybridized carbons (Fsp3) is 0.167. The van der Waals surface area contributed by atoms with Crippen LogP contribution in [0.4, 0.5) is 0 Å². The summed E-state index contributed by atoms with van der Waals surface area (Å²) in [4.78, 5) is 18.5. The second-order valence-corrected chi connectivity index (χ2v) is 4.36. The van der Waals surface area contributed by atoms with Crippen LogP contribution in [0.1, 0.15) is 12.6 Å². The van der Waals surface area contributed by atoms with Crippen molar-refractivity contribution in [2.75, 3.05) is 0 Å². The maximum absolute atomic E-state index is 11.4. The number of hydrogen-bond acceptors (Lipinski definition) is 2. The van der Waals surface area contributed by atoms with Gasteiger partial charge in [-0.15, -0.1) is 0 Å². The van der Waals surface area contributed by atoms with Crippen molar-refractivity contribution in [2.24, 2.45) is 0 Å². The van der Waals surface area contributed by atoms with Crippen molar-refractivity contribution in [2.45, 2.75) is 13.3 Å². The smallest absolute Gasteiger partial charge is 0.251 e. The second kappa shape index (κ2) is 4.61. The first kappa shape index (κ1) is 11.1. The molecule has 0 aliphatic rings. The molecule has 0 unspecified atom stereocenters. The molecule has 16 heavy (non-hydrogen) atoms. The molecule has 3 nitrogen and oxygen atoms in total. The molecular formula is C12H11BrN2O. The van der Waals surface area contributed by atoms with Gasteiger partial charge in [0.25, 0.3) is 5.56 Å². The number of aromatic amines is 1. The number of halogens is 1. The summed E-state index contributed by atoms with van der Waals surface area (Å²) in [5, 5.41) is 0. The van der Waals surface area contributed by atoms with Gasteiger partial charge in [-0.25, -0.2) is 4.98 Å². The van der Waals surface area contributed by atoms with Crippen LogP contribution in [0.25, 0.3) is 11.4 Å². The molecular weight excluding hydrogens is 268 g/mol. The van der Waals surface area contributed by atoms with Crippen LogP contribution in [-0.2, 0) is 6.42 Å². The molecule has 0 saturated heterocycles. The van der Waals surface area contributed by atoms with Gasteiger partial charge in [0, 0.05) is 21.8 Å². The molecule has 0 bridgehead atoms. The lowest BCUT2D eigenvalue weighted by Crippen LogP contribution is -2.09. The van der Waals surface area contributed by atoms with Crippen LogP contribution in [0.3, 0.4) is 0 Å². The maximum Gasteiger partial charge on any atom is 0.251 e. The average Bonchev–Trinajstić information content (AvgIpc) is 2.29. The minimum atomic E-state index is -0.107. The van der Waals surface area contributed by atoms with Crippen LogP contribution in [0.5, 0.6) is 0 Å². The summed E-state index contributed by atoms with van der Waals surface area (Å²) >= 11 is 3.37. The highest BCUT2D eigenvalue weighted by molar-refractivity contribution is 9.10. The molecule has 0 saturated carbocycles. The maximum atomic E-state index is 11.4. The molecule has 0 fully saturated rings. The Bertz CT molecular complexity index is 546. The molecule has 1 N–H and O–H groups in total. The Kier molecular flexibility index (Phi) is 3.19. The minimum absolute atomic E-state index is 0.107. The van der Waals surface area contributed by atoms with Crippen molar-refractivity contribution < 1.29 is 0 Å². The molecule has 0 atom stereocenters. The fourth-order valence-corrected chi connectivity index (χ4v) is 1.70. The third-order valence-electron chi connectivity index (χ3n) is 2.27. The highest BCUT2D eigenvalue weighted by Gasteiger charge is 2.02. The number of H-pyrrole nitrogens is 1. The first-order valence-electron chi connectivity index (χ1n) is 5.05. The Labute approximate surface area is 102 Å². The summed E-state index contributed by atoms with van der Waals surface area (Å²) in [6, 6.07) is 9.22. The van der Waals surface area contributed by atoms with E-state index >= 15 is 0 Å². The Hall–Kier alpha value is -1.42. The van der Waals surface area contributed by atoms with Gasteiger partial charge in [-0.2, -0.15) is 0 Å². The lowest BCUT2D eigenvalue weighted by Gasteiger charge is -2.02. The van der Waals surface area contributed by atoms with Gasteiger partial charge in [0.2, 0.25) is 0 Å². The molecule has 1 aromatic heterocycles. The van der Waals surface area contributed by atoms with E-state index in [1.807, 2.05) is 31.2 Å². The van der Waals surface area contributed by atoms with Crippen molar-refractivity contribution in [1.82, 2.24) is 9.97 Å². The summed E-state index contributed by atoms with van der Waals surface area (Å²) < 4.78 is 1.00. The summed E-state index contributed by atoms with van der Waals surface area (Å²) in [5.41, 5.74) is 1.61. The van der Waals surface area contributed by atoms with E-state index in [4.69, 9.17) is 0 Å².